The fourth-order valence-corrected chi connectivity index (χ4v) is 2.56. The van der Waals surface area contributed by atoms with E-state index in [0.29, 0.717) is 19.0 Å². The van der Waals surface area contributed by atoms with E-state index in [-0.39, 0.29) is 6.09 Å². The van der Waals surface area contributed by atoms with Crippen LogP contribution in [-0.2, 0) is 17.6 Å². The van der Waals surface area contributed by atoms with Crippen molar-refractivity contribution in [2.45, 2.75) is 53.1 Å². The van der Waals surface area contributed by atoms with Crippen LogP contribution in [0.15, 0.2) is 18.2 Å². The molecule has 0 aliphatic carbocycles. The van der Waals surface area contributed by atoms with E-state index in [1.807, 2.05) is 26.8 Å². The molecule has 1 aromatic rings. The van der Waals surface area contributed by atoms with Crippen molar-refractivity contribution in [2.24, 2.45) is 5.92 Å². The number of fused-ring (bicyclic) bond motifs is 1. The summed E-state index contributed by atoms with van der Waals surface area (Å²) in [7, 11) is 0. The summed E-state index contributed by atoms with van der Waals surface area (Å²) in [4.78, 5) is 14.0. The molecule has 4 nitrogen and oxygen atoms in total. The van der Waals surface area contributed by atoms with Crippen LogP contribution in [0.25, 0.3) is 0 Å². The van der Waals surface area contributed by atoms with Crippen LogP contribution in [-0.4, -0.2) is 36.3 Å². The quantitative estimate of drug-likeness (QED) is 0.843. The summed E-state index contributed by atoms with van der Waals surface area (Å²) in [5, 5.41) is 0. The maximum atomic E-state index is 12.2. The standard InChI is InChI=1S/C19H29NO3/c1-14(2)13-22-17-7-6-15-8-10-20(11-9-16(15)12-17)18(21)23-19(3,4)5/h6-7,12,14H,8-11,13H2,1-5H3. The molecule has 1 amide bonds. The van der Waals surface area contributed by atoms with E-state index in [2.05, 4.69) is 26.0 Å². The highest BCUT2D eigenvalue weighted by atomic mass is 16.6. The number of carbonyl (C=O) groups is 1. The van der Waals surface area contributed by atoms with E-state index in [1.165, 1.54) is 11.1 Å². The lowest BCUT2D eigenvalue weighted by Crippen LogP contribution is -2.38. The van der Waals surface area contributed by atoms with E-state index in [9.17, 15) is 4.79 Å². The largest absolute Gasteiger partial charge is 0.493 e. The molecule has 23 heavy (non-hydrogen) atoms. The Bertz CT molecular complexity index is 546. The minimum Gasteiger partial charge on any atom is -0.493 e. The maximum Gasteiger partial charge on any atom is 0.410 e. The molecule has 1 aliphatic rings. The van der Waals surface area contributed by atoms with Crippen molar-refractivity contribution < 1.29 is 14.3 Å². The Morgan fingerprint density at radius 2 is 1.83 bits per heavy atom. The zero-order valence-corrected chi connectivity index (χ0v) is 15.0. The molecule has 0 atom stereocenters. The monoisotopic (exact) mass is 319 g/mol. The smallest absolute Gasteiger partial charge is 0.410 e. The van der Waals surface area contributed by atoms with E-state index in [0.717, 1.165) is 25.2 Å². The van der Waals surface area contributed by atoms with Crippen LogP contribution in [0, 0.1) is 5.92 Å². The van der Waals surface area contributed by atoms with E-state index in [4.69, 9.17) is 9.47 Å². The molecule has 0 saturated carbocycles. The highest BCUT2D eigenvalue weighted by Gasteiger charge is 2.24. The van der Waals surface area contributed by atoms with Gasteiger partial charge in [0.2, 0.25) is 0 Å². The first-order valence-corrected chi connectivity index (χ1v) is 8.47. The molecular weight excluding hydrogens is 290 g/mol. The predicted octanol–water partition coefficient (Wildman–Crippen LogP) is 4.06. The molecule has 1 aromatic carbocycles. The van der Waals surface area contributed by atoms with Gasteiger partial charge in [-0.3, -0.25) is 0 Å². The summed E-state index contributed by atoms with van der Waals surface area (Å²) in [6.07, 6.45) is 1.48. The van der Waals surface area contributed by atoms with Gasteiger partial charge < -0.3 is 14.4 Å². The summed E-state index contributed by atoms with van der Waals surface area (Å²) >= 11 is 0. The lowest BCUT2D eigenvalue weighted by molar-refractivity contribution is 0.0258. The van der Waals surface area contributed by atoms with Crippen LogP contribution >= 0.6 is 0 Å². The van der Waals surface area contributed by atoms with Crippen LogP contribution in [0.5, 0.6) is 5.75 Å². The van der Waals surface area contributed by atoms with Gasteiger partial charge in [0.25, 0.3) is 0 Å². The maximum absolute atomic E-state index is 12.2. The number of ether oxygens (including phenoxy) is 2. The Labute approximate surface area is 139 Å². The van der Waals surface area contributed by atoms with Gasteiger partial charge in [0.05, 0.1) is 6.61 Å². The van der Waals surface area contributed by atoms with Gasteiger partial charge in [-0.1, -0.05) is 19.9 Å². The summed E-state index contributed by atoms with van der Waals surface area (Å²) in [5.41, 5.74) is 2.12. The number of amides is 1. The van der Waals surface area contributed by atoms with Crippen molar-refractivity contribution in [1.82, 2.24) is 4.90 Å². The fourth-order valence-electron chi connectivity index (χ4n) is 2.56. The molecular formula is C19H29NO3. The van der Waals surface area contributed by atoms with Crippen LogP contribution < -0.4 is 4.74 Å². The van der Waals surface area contributed by atoms with Gasteiger partial charge >= 0.3 is 6.09 Å². The highest BCUT2D eigenvalue weighted by molar-refractivity contribution is 5.68. The second-order valence-electron chi connectivity index (χ2n) is 7.60. The first-order valence-electron chi connectivity index (χ1n) is 8.47. The molecule has 0 aromatic heterocycles. The normalized spacial score (nSPS) is 15.1. The molecule has 0 bridgehead atoms. The molecule has 0 spiro atoms. The fraction of sp³-hybridized carbons (Fsp3) is 0.632. The van der Waals surface area contributed by atoms with Gasteiger partial charge in [-0.15, -0.1) is 0 Å². The van der Waals surface area contributed by atoms with Crippen molar-refractivity contribution in [3.05, 3.63) is 29.3 Å². The van der Waals surface area contributed by atoms with E-state index < -0.39 is 5.60 Å². The number of rotatable bonds is 3. The van der Waals surface area contributed by atoms with Gasteiger partial charge in [0.1, 0.15) is 11.4 Å². The number of benzene rings is 1. The summed E-state index contributed by atoms with van der Waals surface area (Å²) < 4.78 is 11.3. The highest BCUT2D eigenvalue weighted by Crippen LogP contribution is 2.23. The average molecular weight is 319 g/mol. The molecule has 4 heteroatoms. The van der Waals surface area contributed by atoms with Crippen molar-refractivity contribution >= 4 is 6.09 Å². The SMILES string of the molecule is CC(C)COc1ccc2c(c1)CCN(C(=O)OC(C)(C)C)CC2. The zero-order valence-electron chi connectivity index (χ0n) is 15.0. The molecule has 0 N–H and O–H groups in total. The summed E-state index contributed by atoms with van der Waals surface area (Å²) in [5.74, 6) is 1.43. The molecule has 128 valence electrons. The van der Waals surface area contributed by atoms with Gasteiger partial charge in [0.15, 0.2) is 0 Å². The number of nitrogens with zero attached hydrogens (tertiary/aromatic N) is 1. The van der Waals surface area contributed by atoms with Crippen LogP contribution in [0.2, 0.25) is 0 Å². The van der Waals surface area contributed by atoms with Gasteiger partial charge in [-0.05, 0) is 62.8 Å². The molecule has 0 unspecified atom stereocenters. The molecule has 0 saturated heterocycles. The number of hydrogen-bond donors (Lipinski definition) is 0. The average Bonchev–Trinajstić information content (AvgIpc) is 2.65. The molecule has 1 heterocycles. The number of hydrogen-bond acceptors (Lipinski definition) is 3. The first-order chi connectivity index (χ1) is 10.7. The Morgan fingerprint density at radius 3 is 2.43 bits per heavy atom. The third-order valence-corrected chi connectivity index (χ3v) is 3.71. The lowest BCUT2D eigenvalue weighted by atomic mass is 10.0. The Hall–Kier alpha value is -1.71. The summed E-state index contributed by atoms with van der Waals surface area (Å²) in [6, 6.07) is 6.28. The van der Waals surface area contributed by atoms with Crippen molar-refractivity contribution in [1.29, 1.82) is 0 Å². The summed E-state index contributed by atoms with van der Waals surface area (Å²) in [6.45, 7) is 12.1. The van der Waals surface area contributed by atoms with E-state index in [1.54, 1.807) is 4.90 Å². The van der Waals surface area contributed by atoms with Crippen molar-refractivity contribution in [2.75, 3.05) is 19.7 Å². The molecule has 1 aliphatic heterocycles. The lowest BCUT2D eigenvalue weighted by Gasteiger charge is -2.26. The second kappa shape index (κ2) is 7.24. The van der Waals surface area contributed by atoms with Gasteiger partial charge in [-0.2, -0.15) is 0 Å². The first kappa shape index (κ1) is 17.6. The van der Waals surface area contributed by atoms with Crippen LogP contribution in [0.1, 0.15) is 45.7 Å². The second-order valence-corrected chi connectivity index (χ2v) is 7.60. The van der Waals surface area contributed by atoms with Crippen LogP contribution in [0.3, 0.4) is 0 Å². The predicted molar refractivity (Wildman–Crippen MR) is 92.0 cm³/mol. The molecule has 0 radical (unpaired) electrons. The zero-order chi connectivity index (χ0) is 17.0. The number of carbonyl (C=O) groups excluding carboxylic acids is 1. The minimum absolute atomic E-state index is 0.221. The molecule has 0 fully saturated rings. The Balaban J connectivity index is 2.01. The van der Waals surface area contributed by atoms with Crippen LogP contribution in [0.4, 0.5) is 4.79 Å². The third kappa shape index (κ3) is 5.45. The van der Waals surface area contributed by atoms with Crippen molar-refractivity contribution in [3.8, 4) is 5.75 Å². The molecule has 2 rings (SSSR count). The Kier molecular flexibility index (Phi) is 5.55. The minimum atomic E-state index is -0.450. The van der Waals surface area contributed by atoms with Gasteiger partial charge in [-0.25, -0.2) is 4.79 Å². The third-order valence-electron chi connectivity index (χ3n) is 3.71. The van der Waals surface area contributed by atoms with Gasteiger partial charge in [0, 0.05) is 13.1 Å². The van der Waals surface area contributed by atoms with E-state index >= 15 is 0 Å². The Morgan fingerprint density at radius 1 is 1.17 bits per heavy atom. The van der Waals surface area contributed by atoms with Crippen molar-refractivity contribution in [3.63, 3.8) is 0 Å². The topological polar surface area (TPSA) is 38.8 Å².